The molecule has 0 aliphatic rings. The molecule has 1 amide bonds. The van der Waals surface area contributed by atoms with Crippen LogP contribution in [-0.2, 0) is 9.59 Å². The number of carbonyl (C=O) groups excluding carboxylic acids is 2. The molecule has 1 aromatic rings. The predicted octanol–water partition coefficient (Wildman–Crippen LogP) is 2.79. The van der Waals surface area contributed by atoms with Gasteiger partial charge in [-0.2, -0.15) is 0 Å². The molecule has 0 spiro atoms. The summed E-state index contributed by atoms with van der Waals surface area (Å²) in [5.74, 6) is -3.01. The lowest BCUT2D eigenvalue weighted by atomic mass is 10.0. The molecule has 2 N–H and O–H groups in total. The van der Waals surface area contributed by atoms with Gasteiger partial charge >= 0.3 is 5.97 Å². The second-order valence-corrected chi connectivity index (χ2v) is 5.85. The Morgan fingerprint density at radius 1 is 1.14 bits per heavy atom. The number of carbonyl (C=O) groups is 3. The largest absolute Gasteiger partial charge is 0.480 e. The van der Waals surface area contributed by atoms with Crippen molar-refractivity contribution < 1.29 is 19.5 Å². The van der Waals surface area contributed by atoms with Gasteiger partial charge in [-0.1, -0.05) is 37.0 Å². The van der Waals surface area contributed by atoms with Crippen LogP contribution in [0.1, 0.15) is 30.6 Å². The van der Waals surface area contributed by atoms with Crippen molar-refractivity contribution in [2.75, 3.05) is 0 Å². The van der Waals surface area contributed by atoms with Crippen LogP contribution in [0.15, 0.2) is 18.2 Å². The lowest BCUT2D eigenvalue weighted by molar-refractivity contribution is -0.141. The van der Waals surface area contributed by atoms with E-state index in [1.807, 2.05) is 13.8 Å². The molecule has 1 aromatic carbocycles. The zero-order chi connectivity index (χ0) is 16.2. The van der Waals surface area contributed by atoms with Crippen molar-refractivity contribution in [2.45, 2.75) is 26.3 Å². The van der Waals surface area contributed by atoms with Gasteiger partial charge in [0, 0.05) is 15.6 Å². The van der Waals surface area contributed by atoms with E-state index in [2.05, 4.69) is 5.32 Å². The van der Waals surface area contributed by atoms with Crippen LogP contribution in [0.25, 0.3) is 0 Å². The summed E-state index contributed by atoms with van der Waals surface area (Å²) in [4.78, 5) is 34.9. The predicted molar refractivity (Wildman–Crippen MR) is 79.8 cm³/mol. The first-order chi connectivity index (χ1) is 9.70. The zero-order valence-electron chi connectivity index (χ0n) is 11.5. The number of benzene rings is 1. The summed E-state index contributed by atoms with van der Waals surface area (Å²) >= 11 is 11.5. The Bertz CT molecular complexity index is 552. The quantitative estimate of drug-likeness (QED) is 0.620. The maximum absolute atomic E-state index is 12.0. The smallest absolute Gasteiger partial charge is 0.326 e. The van der Waals surface area contributed by atoms with Gasteiger partial charge in [0.15, 0.2) is 0 Å². The summed E-state index contributed by atoms with van der Waals surface area (Å²) in [6.07, 6.45) is 0.227. The Balaban J connectivity index is 2.86. The van der Waals surface area contributed by atoms with Crippen molar-refractivity contribution >= 4 is 40.9 Å². The molecule has 0 saturated carbocycles. The second kappa shape index (κ2) is 7.43. The van der Waals surface area contributed by atoms with Crippen molar-refractivity contribution in [3.8, 4) is 0 Å². The highest BCUT2D eigenvalue weighted by molar-refractivity contribution is 6.44. The van der Waals surface area contributed by atoms with E-state index in [0.29, 0.717) is 0 Å². The minimum Gasteiger partial charge on any atom is -0.480 e. The van der Waals surface area contributed by atoms with Crippen molar-refractivity contribution in [1.82, 2.24) is 5.32 Å². The number of ketones is 1. The molecule has 0 bridgehead atoms. The molecule has 21 heavy (non-hydrogen) atoms. The van der Waals surface area contributed by atoms with E-state index in [4.69, 9.17) is 28.3 Å². The van der Waals surface area contributed by atoms with Crippen LogP contribution < -0.4 is 5.32 Å². The van der Waals surface area contributed by atoms with Crippen LogP contribution >= 0.6 is 23.2 Å². The summed E-state index contributed by atoms with van der Waals surface area (Å²) in [6, 6.07) is 2.91. The molecule has 5 nitrogen and oxygen atoms in total. The van der Waals surface area contributed by atoms with Crippen molar-refractivity contribution in [1.29, 1.82) is 0 Å². The molecule has 0 aliphatic heterocycles. The van der Waals surface area contributed by atoms with Crippen molar-refractivity contribution in [2.24, 2.45) is 5.92 Å². The Morgan fingerprint density at radius 3 is 2.10 bits per heavy atom. The number of carboxylic acid groups (broad SMARTS) is 1. The number of halogens is 2. The molecule has 0 radical (unpaired) electrons. The van der Waals surface area contributed by atoms with Gasteiger partial charge in [0.2, 0.25) is 5.78 Å². The highest BCUT2D eigenvalue weighted by Gasteiger charge is 2.25. The molecular formula is C14H15Cl2NO4. The molecule has 0 aromatic heterocycles. The fraction of sp³-hybridized carbons (Fsp3) is 0.357. The van der Waals surface area contributed by atoms with E-state index >= 15 is 0 Å². The molecular weight excluding hydrogens is 317 g/mol. The van der Waals surface area contributed by atoms with Crippen molar-refractivity contribution in [3.05, 3.63) is 33.8 Å². The standard InChI is InChI=1S/C14H15Cl2NO4/c1-7(2)3-11(14(20)21)17-13(19)12(18)8-4-9(15)6-10(16)5-8/h4-7,11H,3H2,1-2H3,(H,17,19)(H,20,21)/t11-/m0/s1. The monoisotopic (exact) mass is 331 g/mol. The first-order valence-corrected chi connectivity index (χ1v) is 7.00. The number of Topliss-reactive ketones (excluding diaryl/α,β-unsaturated/α-hetero) is 1. The SMILES string of the molecule is CC(C)C[C@H](NC(=O)C(=O)c1cc(Cl)cc(Cl)c1)C(=O)O. The second-order valence-electron chi connectivity index (χ2n) is 4.98. The Labute approximate surface area is 132 Å². The Hall–Kier alpha value is -1.59. The van der Waals surface area contributed by atoms with E-state index in [1.165, 1.54) is 18.2 Å². The minimum atomic E-state index is -1.19. The average molecular weight is 332 g/mol. The fourth-order valence-corrected chi connectivity index (χ4v) is 2.26. The molecule has 0 unspecified atom stereocenters. The maximum atomic E-state index is 12.0. The minimum absolute atomic E-state index is 0.0127. The number of amides is 1. The van der Waals surface area contributed by atoms with Crippen LogP contribution in [0.3, 0.4) is 0 Å². The fourth-order valence-electron chi connectivity index (χ4n) is 1.73. The van der Waals surface area contributed by atoms with E-state index < -0.39 is 23.7 Å². The molecule has 0 fully saturated rings. The first kappa shape index (κ1) is 17.5. The first-order valence-electron chi connectivity index (χ1n) is 6.24. The molecule has 0 heterocycles. The van der Waals surface area contributed by atoms with Crippen LogP contribution in [0, 0.1) is 5.92 Å². The Kier molecular flexibility index (Phi) is 6.18. The Morgan fingerprint density at radius 2 is 1.67 bits per heavy atom. The number of aliphatic carboxylic acids is 1. The van der Waals surface area contributed by atoms with Crippen LogP contribution in [0.2, 0.25) is 10.0 Å². The number of hydrogen-bond acceptors (Lipinski definition) is 3. The summed E-state index contributed by atoms with van der Waals surface area (Å²) in [5.41, 5.74) is 0.0127. The molecule has 7 heteroatoms. The number of hydrogen-bond donors (Lipinski definition) is 2. The van der Waals surface area contributed by atoms with Crippen LogP contribution in [0.4, 0.5) is 0 Å². The lowest BCUT2D eigenvalue weighted by Gasteiger charge is -2.16. The van der Waals surface area contributed by atoms with E-state index in [1.54, 1.807) is 0 Å². The normalized spacial score (nSPS) is 12.0. The molecule has 0 saturated heterocycles. The number of rotatable bonds is 6. The maximum Gasteiger partial charge on any atom is 0.326 e. The average Bonchev–Trinajstić information content (AvgIpc) is 2.35. The van der Waals surface area contributed by atoms with Gasteiger partial charge in [-0.25, -0.2) is 4.79 Å². The lowest BCUT2D eigenvalue weighted by Crippen LogP contribution is -2.44. The van der Waals surface area contributed by atoms with Crippen LogP contribution in [0.5, 0.6) is 0 Å². The summed E-state index contributed by atoms with van der Waals surface area (Å²) in [6.45, 7) is 3.64. The topological polar surface area (TPSA) is 83.5 Å². The van der Waals surface area contributed by atoms with Crippen molar-refractivity contribution in [3.63, 3.8) is 0 Å². The van der Waals surface area contributed by atoms with Gasteiger partial charge < -0.3 is 10.4 Å². The van der Waals surface area contributed by atoms with Gasteiger partial charge in [0.1, 0.15) is 6.04 Å². The highest BCUT2D eigenvalue weighted by atomic mass is 35.5. The van der Waals surface area contributed by atoms with Gasteiger partial charge in [0.05, 0.1) is 0 Å². The third-order valence-corrected chi connectivity index (χ3v) is 3.08. The van der Waals surface area contributed by atoms with E-state index in [9.17, 15) is 14.4 Å². The number of nitrogens with one attached hydrogen (secondary N) is 1. The van der Waals surface area contributed by atoms with E-state index in [-0.39, 0.29) is 27.9 Å². The van der Waals surface area contributed by atoms with Gasteiger partial charge in [-0.05, 0) is 30.5 Å². The van der Waals surface area contributed by atoms with E-state index in [0.717, 1.165) is 0 Å². The third kappa shape index (κ3) is 5.36. The van der Waals surface area contributed by atoms with Crippen LogP contribution in [-0.4, -0.2) is 28.8 Å². The van der Waals surface area contributed by atoms with Gasteiger partial charge in [-0.3, -0.25) is 9.59 Å². The van der Waals surface area contributed by atoms with Gasteiger partial charge in [-0.15, -0.1) is 0 Å². The van der Waals surface area contributed by atoms with Gasteiger partial charge in [0.25, 0.3) is 5.91 Å². The summed E-state index contributed by atoms with van der Waals surface area (Å²) < 4.78 is 0. The molecule has 114 valence electrons. The highest BCUT2D eigenvalue weighted by Crippen LogP contribution is 2.19. The molecule has 1 rings (SSSR count). The molecule has 0 aliphatic carbocycles. The number of carboxylic acids is 1. The summed E-state index contributed by atoms with van der Waals surface area (Å²) in [5, 5.41) is 11.7. The molecule has 1 atom stereocenters. The zero-order valence-corrected chi connectivity index (χ0v) is 13.0. The summed E-state index contributed by atoms with van der Waals surface area (Å²) in [7, 11) is 0. The third-order valence-electron chi connectivity index (χ3n) is 2.64.